The van der Waals surface area contributed by atoms with E-state index in [2.05, 4.69) is 20.3 Å². The van der Waals surface area contributed by atoms with Crippen molar-refractivity contribution in [2.75, 3.05) is 5.32 Å². The molecule has 0 saturated heterocycles. The van der Waals surface area contributed by atoms with Crippen LogP contribution in [-0.2, 0) is 11.8 Å². The summed E-state index contributed by atoms with van der Waals surface area (Å²) in [6.45, 7) is -0.250. The van der Waals surface area contributed by atoms with Gasteiger partial charge in [0.05, 0.1) is 22.2 Å². The third-order valence-corrected chi connectivity index (χ3v) is 3.79. The highest BCUT2D eigenvalue weighted by Gasteiger charge is 2.12. The predicted molar refractivity (Wildman–Crippen MR) is 93.8 cm³/mol. The smallest absolute Gasteiger partial charge is 0.290 e. The van der Waals surface area contributed by atoms with Crippen molar-refractivity contribution in [3.8, 4) is 0 Å². The van der Waals surface area contributed by atoms with Gasteiger partial charge in [-0.2, -0.15) is 0 Å². The Hall–Kier alpha value is -3.13. The van der Waals surface area contributed by atoms with E-state index in [1.165, 1.54) is 12.1 Å². The minimum atomic E-state index is -0.308. The molecule has 3 N–H and O–H groups in total. The molecule has 0 unspecified atom stereocenters. The lowest BCUT2D eigenvalue weighted by Gasteiger charge is -2.04. The van der Waals surface area contributed by atoms with Gasteiger partial charge < -0.3 is 20.0 Å². The standard InChI is InChI=1S/C15H11ClFN5.CH2O2/c1-22-12-4-2-8(17)6-10(12)19-15(22)20-11-7-18-9-3-5-13(16)21-14(9)11;2-1-3/h2-7,18H,1H3,(H,19,20);1H,(H,2,3). The van der Waals surface area contributed by atoms with Crippen molar-refractivity contribution < 1.29 is 14.3 Å². The summed E-state index contributed by atoms with van der Waals surface area (Å²) in [6.07, 6.45) is 1.80. The Bertz CT molecular complexity index is 1060. The summed E-state index contributed by atoms with van der Waals surface area (Å²) in [5.41, 5.74) is 3.80. The van der Waals surface area contributed by atoms with Crippen molar-refractivity contribution >= 4 is 51.8 Å². The first-order chi connectivity index (χ1) is 12.0. The molecule has 0 aliphatic rings. The fourth-order valence-electron chi connectivity index (χ4n) is 2.48. The molecular weight excluding hydrogens is 349 g/mol. The summed E-state index contributed by atoms with van der Waals surface area (Å²) in [5.74, 6) is 0.293. The van der Waals surface area contributed by atoms with Gasteiger partial charge in [0.25, 0.3) is 6.47 Å². The fourth-order valence-corrected chi connectivity index (χ4v) is 2.62. The van der Waals surface area contributed by atoms with E-state index in [4.69, 9.17) is 21.5 Å². The number of benzene rings is 1. The maximum absolute atomic E-state index is 13.3. The highest BCUT2D eigenvalue weighted by molar-refractivity contribution is 6.29. The summed E-state index contributed by atoms with van der Waals surface area (Å²) in [4.78, 5) is 20.2. The molecular formula is C16H13ClFN5O2. The Morgan fingerprint density at radius 3 is 2.84 bits per heavy atom. The molecule has 0 aliphatic heterocycles. The molecule has 3 heterocycles. The average molecular weight is 362 g/mol. The summed E-state index contributed by atoms with van der Waals surface area (Å²) in [7, 11) is 1.87. The maximum atomic E-state index is 13.3. The normalized spacial score (nSPS) is 10.5. The molecule has 4 rings (SSSR count). The number of nitrogens with zero attached hydrogens (tertiary/aromatic N) is 3. The van der Waals surface area contributed by atoms with Gasteiger partial charge >= 0.3 is 0 Å². The number of imidazole rings is 1. The second-order valence-corrected chi connectivity index (χ2v) is 5.48. The van der Waals surface area contributed by atoms with E-state index in [9.17, 15) is 4.39 Å². The van der Waals surface area contributed by atoms with E-state index in [0.717, 1.165) is 22.2 Å². The number of hydrogen-bond acceptors (Lipinski definition) is 4. The number of anilines is 2. The lowest BCUT2D eigenvalue weighted by molar-refractivity contribution is -0.122. The summed E-state index contributed by atoms with van der Waals surface area (Å²) < 4.78 is 15.2. The number of fused-ring (bicyclic) bond motifs is 2. The largest absolute Gasteiger partial charge is 0.483 e. The van der Waals surface area contributed by atoms with Crippen molar-refractivity contribution in [3.05, 3.63) is 47.5 Å². The second kappa shape index (κ2) is 6.78. The highest BCUT2D eigenvalue weighted by Crippen LogP contribution is 2.27. The lowest BCUT2D eigenvalue weighted by Crippen LogP contribution is -1.98. The molecule has 0 amide bonds. The molecule has 3 aromatic heterocycles. The number of hydrogen-bond donors (Lipinski definition) is 3. The molecule has 0 bridgehead atoms. The van der Waals surface area contributed by atoms with Crippen LogP contribution < -0.4 is 5.32 Å². The van der Waals surface area contributed by atoms with Crippen LogP contribution in [0, 0.1) is 5.82 Å². The molecule has 9 heteroatoms. The van der Waals surface area contributed by atoms with Crippen LogP contribution in [0.4, 0.5) is 16.0 Å². The first kappa shape index (κ1) is 16.7. The fraction of sp³-hybridized carbons (Fsp3) is 0.0625. The van der Waals surface area contributed by atoms with Gasteiger partial charge in [-0.25, -0.2) is 14.4 Å². The zero-order valence-corrected chi connectivity index (χ0v) is 13.8. The molecule has 4 aromatic rings. The number of H-pyrrole nitrogens is 1. The zero-order chi connectivity index (χ0) is 18.0. The Labute approximate surface area is 146 Å². The average Bonchev–Trinajstić information content (AvgIpc) is 3.10. The van der Waals surface area contributed by atoms with Crippen LogP contribution in [0.2, 0.25) is 5.15 Å². The first-order valence-corrected chi connectivity index (χ1v) is 7.51. The van der Waals surface area contributed by atoms with E-state index in [-0.39, 0.29) is 12.3 Å². The number of carboxylic acid groups (broad SMARTS) is 1. The molecule has 128 valence electrons. The summed E-state index contributed by atoms with van der Waals surface area (Å²) in [6, 6.07) is 8.11. The monoisotopic (exact) mass is 361 g/mol. The number of aromatic nitrogens is 4. The first-order valence-electron chi connectivity index (χ1n) is 7.14. The van der Waals surface area contributed by atoms with Crippen molar-refractivity contribution in [2.24, 2.45) is 7.05 Å². The molecule has 0 spiro atoms. The van der Waals surface area contributed by atoms with E-state index >= 15 is 0 Å². The topological polar surface area (TPSA) is 95.8 Å². The van der Waals surface area contributed by atoms with Crippen LogP contribution in [0.5, 0.6) is 0 Å². The predicted octanol–water partition coefficient (Wildman–Crippen LogP) is 3.69. The van der Waals surface area contributed by atoms with Crippen molar-refractivity contribution in [3.63, 3.8) is 0 Å². The summed E-state index contributed by atoms with van der Waals surface area (Å²) >= 11 is 5.95. The molecule has 0 radical (unpaired) electrons. The quantitative estimate of drug-likeness (QED) is 0.374. The van der Waals surface area contributed by atoms with Crippen LogP contribution in [0.1, 0.15) is 0 Å². The van der Waals surface area contributed by atoms with Gasteiger partial charge in [-0.15, -0.1) is 0 Å². The number of pyridine rings is 1. The van der Waals surface area contributed by atoms with Crippen LogP contribution >= 0.6 is 11.6 Å². The third-order valence-electron chi connectivity index (χ3n) is 3.58. The zero-order valence-electron chi connectivity index (χ0n) is 13.0. The number of rotatable bonds is 2. The molecule has 25 heavy (non-hydrogen) atoms. The SMILES string of the molecule is Cn1c(Nc2c[nH]c3ccc(Cl)nc23)nc2cc(F)ccc21.O=CO. The van der Waals surface area contributed by atoms with Crippen LogP contribution in [-0.4, -0.2) is 31.1 Å². The Balaban J connectivity index is 0.000000569. The lowest BCUT2D eigenvalue weighted by atomic mass is 10.3. The van der Waals surface area contributed by atoms with E-state index in [0.29, 0.717) is 16.6 Å². The van der Waals surface area contributed by atoms with Crippen molar-refractivity contribution in [1.82, 2.24) is 19.5 Å². The Kier molecular flexibility index (Phi) is 4.53. The minimum Gasteiger partial charge on any atom is -0.483 e. The van der Waals surface area contributed by atoms with Crippen LogP contribution in [0.25, 0.3) is 22.1 Å². The molecule has 0 aliphatic carbocycles. The number of aryl methyl sites for hydroxylation is 1. The highest BCUT2D eigenvalue weighted by atomic mass is 35.5. The third kappa shape index (κ3) is 3.24. The Morgan fingerprint density at radius 1 is 1.32 bits per heavy atom. The molecule has 0 fully saturated rings. The van der Waals surface area contributed by atoms with Gasteiger partial charge in [0.15, 0.2) is 0 Å². The van der Waals surface area contributed by atoms with Gasteiger partial charge in [-0.3, -0.25) is 4.79 Å². The van der Waals surface area contributed by atoms with Gasteiger partial charge in [-0.1, -0.05) is 11.6 Å². The Morgan fingerprint density at radius 2 is 2.08 bits per heavy atom. The molecule has 1 aromatic carbocycles. The van der Waals surface area contributed by atoms with E-state index in [1.807, 2.05) is 17.7 Å². The number of halogens is 2. The minimum absolute atomic E-state index is 0.250. The van der Waals surface area contributed by atoms with E-state index in [1.54, 1.807) is 18.3 Å². The second-order valence-electron chi connectivity index (χ2n) is 5.09. The van der Waals surface area contributed by atoms with Crippen molar-refractivity contribution in [1.29, 1.82) is 0 Å². The van der Waals surface area contributed by atoms with Crippen LogP contribution in [0.3, 0.4) is 0 Å². The molecule has 0 saturated carbocycles. The van der Waals surface area contributed by atoms with Crippen LogP contribution in [0.15, 0.2) is 36.5 Å². The molecule has 0 atom stereocenters. The maximum Gasteiger partial charge on any atom is 0.290 e. The van der Waals surface area contributed by atoms with Gasteiger partial charge in [0.2, 0.25) is 5.95 Å². The van der Waals surface area contributed by atoms with Crippen molar-refractivity contribution in [2.45, 2.75) is 0 Å². The van der Waals surface area contributed by atoms with E-state index < -0.39 is 0 Å². The summed E-state index contributed by atoms with van der Waals surface area (Å²) in [5, 5.41) is 10.5. The molecule has 7 nitrogen and oxygen atoms in total. The van der Waals surface area contributed by atoms with Gasteiger partial charge in [-0.05, 0) is 24.3 Å². The number of carbonyl (C=O) groups is 1. The van der Waals surface area contributed by atoms with Gasteiger partial charge in [0.1, 0.15) is 16.5 Å². The number of aromatic amines is 1. The van der Waals surface area contributed by atoms with Gasteiger partial charge in [0, 0.05) is 19.3 Å². The number of nitrogens with one attached hydrogen (secondary N) is 2.